The highest BCUT2D eigenvalue weighted by Gasteiger charge is 2.13. The second-order valence-electron chi connectivity index (χ2n) is 5.14. The Hall–Kier alpha value is -1.88. The van der Waals surface area contributed by atoms with E-state index in [1.54, 1.807) is 0 Å². The summed E-state index contributed by atoms with van der Waals surface area (Å²) in [5, 5.41) is 11.6. The zero-order valence-electron chi connectivity index (χ0n) is 13.0. The van der Waals surface area contributed by atoms with Crippen molar-refractivity contribution in [3.8, 4) is 0 Å². The minimum absolute atomic E-state index is 0.120. The fourth-order valence-electron chi connectivity index (χ4n) is 2.35. The monoisotopic (exact) mass is 302 g/mol. The van der Waals surface area contributed by atoms with Crippen molar-refractivity contribution in [2.24, 2.45) is 0 Å². The van der Waals surface area contributed by atoms with Gasteiger partial charge in [-0.05, 0) is 51.5 Å². The highest BCUT2D eigenvalue weighted by molar-refractivity contribution is 7.80. The third-order valence-corrected chi connectivity index (χ3v) is 3.87. The van der Waals surface area contributed by atoms with Crippen molar-refractivity contribution in [3.05, 3.63) is 47.3 Å². The van der Waals surface area contributed by atoms with Gasteiger partial charge in [0.25, 0.3) is 0 Å². The molecule has 0 aliphatic heterocycles. The van der Waals surface area contributed by atoms with Gasteiger partial charge >= 0.3 is 0 Å². The zero-order chi connectivity index (χ0) is 15.4. The van der Waals surface area contributed by atoms with Crippen LogP contribution in [0, 0.1) is 13.8 Å². The average Bonchev–Trinajstić information content (AvgIpc) is 2.82. The van der Waals surface area contributed by atoms with Crippen molar-refractivity contribution in [1.82, 2.24) is 15.1 Å². The molecule has 0 spiro atoms. The number of nitrogens with one attached hydrogen (secondary N) is 2. The van der Waals surface area contributed by atoms with Gasteiger partial charge in [0.1, 0.15) is 0 Å². The Bertz CT molecular complexity index is 633. The van der Waals surface area contributed by atoms with E-state index in [0.717, 1.165) is 12.2 Å². The minimum atomic E-state index is 0.120. The van der Waals surface area contributed by atoms with Crippen LogP contribution in [-0.4, -0.2) is 14.9 Å². The van der Waals surface area contributed by atoms with Gasteiger partial charge in [-0.15, -0.1) is 0 Å². The molecule has 0 saturated carbocycles. The lowest BCUT2D eigenvalue weighted by molar-refractivity contribution is 0.633. The number of rotatable bonds is 4. The summed E-state index contributed by atoms with van der Waals surface area (Å²) >= 11 is 5.40. The average molecular weight is 302 g/mol. The molecule has 1 unspecified atom stereocenters. The van der Waals surface area contributed by atoms with Crippen LogP contribution in [0.1, 0.15) is 36.7 Å². The fourth-order valence-corrected chi connectivity index (χ4v) is 2.64. The number of anilines is 1. The van der Waals surface area contributed by atoms with Crippen LogP contribution in [0.2, 0.25) is 0 Å². The van der Waals surface area contributed by atoms with Crippen LogP contribution in [0.25, 0.3) is 0 Å². The number of hydrogen-bond acceptors (Lipinski definition) is 2. The number of nitrogens with zero attached hydrogens (tertiary/aromatic N) is 2. The van der Waals surface area contributed by atoms with E-state index in [2.05, 4.69) is 49.5 Å². The second-order valence-corrected chi connectivity index (χ2v) is 5.54. The maximum Gasteiger partial charge on any atom is 0.171 e. The molecular formula is C16H22N4S. The van der Waals surface area contributed by atoms with Gasteiger partial charge in [0, 0.05) is 23.5 Å². The Morgan fingerprint density at radius 3 is 2.67 bits per heavy atom. The van der Waals surface area contributed by atoms with Crippen molar-refractivity contribution >= 4 is 23.0 Å². The number of benzene rings is 1. The van der Waals surface area contributed by atoms with E-state index >= 15 is 0 Å². The molecule has 0 saturated heterocycles. The molecule has 0 radical (unpaired) electrons. The van der Waals surface area contributed by atoms with Gasteiger partial charge in [-0.1, -0.05) is 18.2 Å². The predicted molar refractivity (Wildman–Crippen MR) is 91.6 cm³/mol. The molecule has 21 heavy (non-hydrogen) atoms. The SMILES string of the molecule is CCn1ncc(C(C)NC(=S)Nc2ccccc2C)c1C. The normalized spacial score (nSPS) is 12.0. The molecule has 1 aromatic heterocycles. The van der Waals surface area contributed by atoms with Gasteiger partial charge in [-0.3, -0.25) is 4.68 Å². The summed E-state index contributed by atoms with van der Waals surface area (Å²) in [4.78, 5) is 0. The number of aryl methyl sites for hydroxylation is 2. The van der Waals surface area contributed by atoms with E-state index in [4.69, 9.17) is 12.2 Å². The van der Waals surface area contributed by atoms with Crippen molar-refractivity contribution in [2.45, 2.75) is 40.3 Å². The minimum Gasteiger partial charge on any atom is -0.356 e. The van der Waals surface area contributed by atoms with E-state index < -0.39 is 0 Å². The van der Waals surface area contributed by atoms with Crippen LogP contribution < -0.4 is 10.6 Å². The van der Waals surface area contributed by atoms with Crippen LogP contribution in [0.3, 0.4) is 0 Å². The summed E-state index contributed by atoms with van der Waals surface area (Å²) in [6.45, 7) is 9.21. The molecule has 112 valence electrons. The highest BCUT2D eigenvalue weighted by Crippen LogP contribution is 2.18. The van der Waals surface area contributed by atoms with Gasteiger partial charge in [0.05, 0.1) is 12.2 Å². The molecule has 5 heteroatoms. The zero-order valence-corrected chi connectivity index (χ0v) is 13.8. The van der Waals surface area contributed by atoms with Gasteiger partial charge < -0.3 is 10.6 Å². The Morgan fingerprint density at radius 1 is 1.33 bits per heavy atom. The van der Waals surface area contributed by atoms with Crippen molar-refractivity contribution in [2.75, 3.05) is 5.32 Å². The van der Waals surface area contributed by atoms with E-state index in [-0.39, 0.29) is 6.04 Å². The van der Waals surface area contributed by atoms with Gasteiger partial charge in [-0.2, -0.15) is 5.10 Å². The first-order valence-electron chi connectivity index (χ1n) is 7.18. The van der Waals surface area contributed by atoms with Crippen LogP contribution in [0.4, 0.5) is 5.69 Å². The lowest BCUT2D eigenvalue weighted by Gasteiger charge is -2.18. The Balaban J connectivity index is 2.02. The smallest absolute Gasteiger partial charge is 0.171 e. The van der Waals surface area contributed by atoms with Crippen LogP contribution in [-0.2, 0) is 6.54 Å². The van der Waals surface area contributed by atoms with Crippen molar-refractivity contribution in [1.29, 1.82) is 0 Å². The maximum atomic E-state index is 5.40. The molecule has 0 fully saturated rings. The first-order valence-corrected chi connectivity index (χ1v) is 7.59. The predicted octanol–water partition coefficient (Wildman–Crippen LogP) is 3.57. The molecule has 0 amide bonds. The molecule has 1 atom stereocenters. The van der Waals surface area contributed by atoms with Crippen LogP contribution in [0.5, 0.6) is 0 Å². The molecule has 1 heterocycles. The molecule has 2 N–H and O–H groups in total. The molecule has 1 aromatic carbocycles. The molecule has 0 bridgehead atoms. The Morgan fingerprint density at radius 2 is 2.05 bits per heavy atom. The standard InChI is InChI=1S/C16H22N4S/c1-5-20-13(4)14(10-17-20)12(3)18-16(21)19-15-9-7-6-8-11(15)2/h6-10,12H,5H2,1-4H3,(H2,18,19,21). The lowest BCUT2D eigenvalue weighted by atomic mass is 10.1. The second kappa shape index (κ2) is 6.72. The molecular weight excluding hydrogens is 280 g/mol. The van der Waals surface area contributed by atoms with E-state index in [9.17, 15) is 0 Å². The molecule has 0 aliphatic carbocycles. The first kappa shape index (κ1) is 15.5. The summed E-state index contributed by atoms with van der Waals surface area (Å²) in [5.41, 5.74) is 4.55. The van der Waals surface area contributed by atoms with Crippen molar-refractivity contribution in [3.63, 3.8) is 0 Å². The van der Waals surface area contributed by atoms with Crippen molar-refractivity contribution < 1.29 is 0 Å². The summed E-state index contributed by atoms with van der Waals surface area (Å²) in [5.74, 6) is 0. The molecule has 2 aromatic rings. The summed E-state index contributed by atoms with van der Waals surface area (Å²) in [7, 11) is 0. The largest absolute Gasteiger partial charge is 0.356 e. The first-order chi connectivity index (χ1) is 10.0. The summed E-state index contributed by atoms with van der Waals surface area (Å²) in [6, 6.07) is 8.21. The topological polar surface area (TPSA) is 41.9 Å². The summed E-state index contributed by atoms with van der Waals surface area (Å²) in [6.07, 6.45) is 1.91. The molecule has 4 nitrogen and oxygen atoms in total. The lowest BCUT2D eigenvalue weighted by Crippen LogP contribution is -2.31. The van der Waals surface area contributed by atoms with E-state index in [1.807, 2.05) is 29.1 Å². The number of thiocarbonyl (C=S) groups is 1. The highest BCUT2D eigenvalue weighted by atomic mass is 32.1. The van der Waals surface area contributed by atoms with Crippen LogP contribution in [0.15, 0.2) is 30.5 Å². The number of aromatic nitrogens is 2. The molecule has 0 aliphatic rings. The van der Waals surface area contributed by atoms with Gasteiger partial charge in [0.2, 0.25) is 0 Å². The Kier molecular flexibility index (Phi) is 4.96. The fraction of sp³-hybridized carbons (Fsp3) is 0.375. The Labute approximate surface area is 131 Å². The van der Waals surface area contributed by atoms with Gasteiger partial charge in [0.15, 0.2) is 5.11 Å². The number of para-hydroxylation sites is 1. The third-order valence-electron chi connectivity index (χ3n) is 3.65. The third kappa shape index (κ3) is 3.61. The summed E-state index contributed by atoms with van der Waals surface area (Å²) < 4.78 is 1.99. The number of hydrogen-bond donors (Lipinski definition) is 2. The van der Waals surface area contributed by atoms with E-state index in [0.29, 0.717) is 5.11 Å². The van der Waals surface area contributed by atoms with Gasteiger partial charge in [-0.25, -0.2) is 0 Å². The van der Waals surface area contributed by atoms with Crippen LogP contribution >= 0.6 is 12.2 Å². The quantitative estimate of drug-likeness (QED) is 0.847. The maximum absolute atomic E-state index is 5.40. The van der Waals surface area contributed by atoms with E-state index in [1.165, 1.54) is 16.8 Å². The molecule has 2 rings (SSSR count).